The monoisotopic (exact) mass is 332 g/mol. The molecule has 3 N–H and O–H groups in total. The van der Waals surface area contributed by atoms with Crippen molar-refractivity contribution < 1.29 is 19.4 Å². The van der Waals surface area contributed by atoms with Crippen LogP contribution in [0.4, 0.5) is 0 Å². The number of nitrogens with one attached hydrogen (secondary N) is 2. The number of ether oxygens (including phenoxy) is 1. The Bertz CT molecular complexity index is 800. The van der Waals surface area contributed by atoms with Crippen molar-refractivity contribution in [1.29, 1.82) is 0 Å². The lowest BCUT2D eigenvalue weighted by Gasteiger charge is -2.58. The lowest BCUT2D eigenvalue weighted by atomic mass is 9.54. The summed E-state index contributed by atoms with van der Waals surface area (Å²) in [7, 11) is 0. The van der Waals surface area contributed by atoms with Gasteiger partial charge in [-0.3, -0.25) is 4.79 Å². The van der Waals surface area contributed by atoms with Gasteiger partial charge >= 0.3 is 5.97 Å². The summed E-state index contributed by atoms with van der Waals surface area (Å²) in [6.45, 7) is 5.96. The highest BCUT2D eigenvalue weighted by Crippen LogP contribution is 2.51. The van der Waals surface area contributed by atoms with Gasteiger partial charge in [0.25, 0.3) is 5.91 Å². The Morgan fingerprint density at radius 2 is 2.08 bits per heavy atom. The molecule has 2 unspecified atom stereocenters. The van der Waals surface area contributed by atoms with Crippen LogP contribution >= 0.6 is 0 Å². The molecule has 8 heteroatoms. The van der Waals surface area contributed by atoms with Crippen molar-refractivity contribution in [3.8, 4) is 0 Å². The molecule has 1 aromatic carbocycles. The van der Waals surface area contributed by atoms with Gasteiger partial charge in [-0.15, -0.1) is 0 Å². The van der Waals surface area contributed by atoms with Gasteiger partial charge in [0.2, 0.25) is 0 Å². The van der Waals surface area contributed by atoms with Gasteiger partial charge in [0, 0.05) is 24.0 Å². The number of carbonyl (C=O) groups is 2. The lowest BCUT2D eigenvalue weighted by molar-refractivity contribution is -0.190. The minimum absolute atomic E-state index is 0.211. The van der Waals surface area contributed by atoms with Gasteiger partial charge in [-0.2, -0.15) is 15.4 Å². The number of aromatic amines is 1. The number of nitrogens with zero attached hydrogens (tertiary/aromatic N) is 2. The van der Waals surface area contributed by atoms with Crippen LogP contribution in [0.25, 0.3) is 11.0 Å². The standard InChI is InChI=1S/C16H20N4O4/c1-4-24-12-8-16(14(22)23,15(12,2)3)17-13(21)9-5-6-10-11(7-9)19-20-18-10/h5-7,12H,4,8H2,1-3H3,(H,17,21)(H,22,23)(H,18,19,20). The molecule has 1 fully saturated rings. The van der Waals surface area contributed by atoms with Crippen molar-refractivity contribution in [2.45, 2.75) is 38.8 Å². The molecule has 2 atom stereocenters. The van der Waals surface area contributed by atoms with Crippen molar-refractivity contribution in [2.75, 3.05) is 6.61 Å². The number of carboxylic acids is 1. The quantitative estimate of drug-likeness (QED) is 0.761. The summed E-state index contributed by atoms with van der Waals surface area (Å²) in [5, 5.41) is 22.8. The Kier molecular flexibility index (Phi) is 3.79. The molecule has 3 rings (SSSR count). The second kappa shape index (κ2) is 5.55. The predicted molar refractivity (Wildman–Crippen MR) is 85.5 cm³/mol. The number of H-pyrrole nitrogens is 1. The summed E-state index contributed by atoms with van der Waals surface area (Å²) < 4.78 is 5.60. The van der Waals surface area contributed by atoms with Crippen LogP contribution in [0.15, 0.2) is 18.2 Å². The number of fused-ring (bicyclic) bond motifs is 1. The van der Waals surface area contributed by atoms with E-state index in [0.717, 1.165) is 0 Å². The Morgan fingerprint density at radius 1 is 1.38 bits per heavy atom. The molecule has 0 bridgehead atoms. The molecule has 1 aromatic heterocycles. The number of rotatable bonds is 5. The van der Waals surface area contributed by atoms with Gasteiger partial charge in [-0.25, -0.2) is 4.79 Å². The van der Waals surface area contributed by atoms with Crippen LogP contribution in [0, 0.1) is 5.41 Å². The van der Waals surface area contributed by atoms with Gasteiger partial charge in [-0.05, 0) is 25.1 Å². The third kappa shape index (κ3) is 2.25. The fourth-order valence-electron chi connectivity index (χ4n) is 3.28. The molecule has 0 aliphatic heterocycles. The fraction of sp³-hybridized carbons (Fsp3) is 0.500. The van der Waals surface area contributed by atoms with Crippen LogP contribution < -0.4 is 5.32 Å². The summed E-state index contributed by atoms with van der Waals surface area (Å²) in [6.07, 6.45) is 0.0260. The number of aliphatic carboxylic acids is 1. The third-order valence-electron chi connectivity index (χ3n) is 5.03. The van der Waals surface area contributed by atoms with E-state index in [-0.39, 0.29) is 12.5 Å². The first-order valence-electron chi connectivity index (χ1n) is 7.80. The Balaban J connectivity index is 1.86. The lowest BCUT2D eigenvalue weighted by Crippen LogP contribution is -2.76. The molecule has 1 amide bonds. The van der Waals surface area contributed by atoms with Crippen LogP contribution in [-0.2, 0) is 9.53 Å². The Morgan fingerprint density at radius 3 is 2.71 bits per heavy atom. The number of carbonyl (C=O) groups excluding carboxylic acids is 1. The van der Waals surface area contributed by atoms with Gasteiger partial charge in [0.05, 0.1) is 6.10 Å². The average Bonchev–Trinajstić information content (AvgIpc) is 3.00. The minimum atomic E-state index is -1.36. The number of benzene rings is 1. The topological polar surface area (TPSA) is 117 Å². The first-order chi connectivity index (χ1) is 11.3. The smallest absolute Gasteiger partial charge is 0.330 e. The second-order valence-corrected chi connectivity index (χ2v) is 6.56. The highest BCUT2D eigenvalue weighted by atomic mass is 16.5. The average molecular weight is 332 g/mol. The zero-order chi connectivity index (χ0) is 17.5. The summed E-state index contributed by atoms with van der Waals surface area (Å²) in [4.78, 5) is 24.5. The summed E-state index contributed by atoms with van der Waals surface area (Å²) in [6, 6.07) is 4.84. The van der Waals surface area contributed by atoms with E-state index in [4.69, 9.17) is 4.74 Å². The molecule has 8 nitrogen and oxygen atoms in total. The number of aromatic nitrogens is 3. The SMILES string of the molecule is CCOC1CC(NC(=O)c2ccc3n[nH]nc3c2)(C(=O)O)C1(C)C. The molecule has 1 aliphatic carbocycles. The van der Waals surface area contributed by atoms with Crippen LogP contribution in [0.2, 0.25) is 0 Å². The van der Waals surface area contributed by atoms with Crippen LogP contribution in [0.3, 0.4) is 0 Å². The van der Waals surface area contributed by atoms with E-state index >= 15 is 0 Å². The highest BCUT2D eigenvalue weighted by molar-refractivity contribution is 6.00. The molecule has 0 radical (unpaired) electrons. The Labute approximate surface area is 138 Å². The normalized spacial score (nSPS) is 25.2. The molecule has 1 saturated carbocycles. The number of hydrogen-bond donors (Lipinski definition) is 3. The summed E-state index contributed by atoms with van der Waals surface area (Å²) in [5.74, 6) is -1.51. The van der Waals surface area contributed by atoms with Crippen molar-refractivity contribution >= 4 is 22.9 Å². The molecule has 1 heterocycles. The molecule has 0 saturated heterocycles. The maximum absolute atomic E-state index is 12.6. The minimum Gasteiger partial charge on any atom is -0.479 e. The highest BCUT2D eigenvalue weighted by Gasteiger charge is 2.66. The van der Waals surface area contributed by atoms with Crippen molar-refractivity contribution in [3.63, 3.8) is 0 Å². The fourth-order valence-corrected chi connectivity index (χ4v) is 3.28. The van der Waals surface area contributed by atoms with E-state index in [1.54, 1.807) is 32.0 Å². The molecule has 2 aromatic rings. The summed E-state index contributed by atoms with van der Waals surface area (Å²) in [5.41, 5.74) is -0.551. The van der Waals surface area contributed by atoms with E-state index in [1.807, 2.05) is 6.92 Å². The van der Waals surface area contributed by atoms with Gasteiger partial charge in [0.15, 0.2) is 0 Å². The van der Waals surface area contributed by atoms with Crippen molar-refractivity contribution in [3.05, 3.63) is 23.8 Å². The van der Waals surface area contributed by atoms with Crippen LogP contribution in [0.1, 0.15) is 37.6 Å². The largest absolute Gasteiger partial charge is 0.479 e. The molecule has 24 heavy (non-hydrogen) atoms. The zero-order valence-electron chi connectivity index (χ0n) is 13.8. The van der Waals surface area contributed by atoms with Crippen LogP contribution in [-0.4, -0.2) is 50.6 Å². The van der Waals surface area contributed by atoms with E-state index in [0.29, 0.717) is 23.2 Å². The second-order valence-electron chi connectivity index (χ2n) is 6.56. The van der Waals surface area contributed by atoms with Gasteiger partial charge < -0.3 is 15.2 Å². The van der Waals surface area contributed by atoms with E-state index in [2.05, 4.69) is 20.7 Å². The van der Waals surface area contributed by atoms with E-state index < -0.39 is 22.8 Å². The van der Waals surface area contributed by atoms with E-state index in [9.17, 15) is 14.7 Å². The molecule has 128 valence electrons. The number of amides is 1. The first kappa shape index (κ1) is 16.4. The van der Waals surface area contributed by atoms with Gasteiger partial charge in [-0.1, -0.05) is 13.8 Å². The zero-order valence-corrected chi connectivity index (χ0v) is 13.8. The van der Waals surface area contributed by atoms with Crippen molar-refractivity contribution in [2.24, 2.45) is 5.41 Å². The maximum atomic E-state index is 12.6. The molecule has 0 spiro atoms. The van der Waals surface area contributed by atoms with E-state index in [1.165, 1.54) is 0 Å². The molecular weight excluding hydrogens is 312 g/mol. The predicted octanol–water partition coefficient (Wildman–Crippen LogP) is 1.35. The maximum Gasteiger partial charge on any atom is 0.330 e. The third-order valence-corrected chi connectivity index (χ3v) is 5.03. The summed E-state index contributed by atoms with van der Waals surface area (Å²) >= 11 is 0. The number of carboxylic acid groups (broad SMARTS) is 1. The molecular formula is C16H20N4O4. The number of hydrogen-bond acceptors (Lipinski definition) is 5. The molecule has 1 aliphatic rings. The van der Waals surface area contributed by atoms with Gasteiger partial charge in [0.1, 0.15) is 16.6 Å². The van der Waals surface area contributed by atoms with Crippen LogP contribution in [0.5, 0.6) is 0 Å². The Hall–Kier alpha value is -2.48. The van der Waals surface area contributed by atoms with Crippen molar-refractivity contribution in [1.82, 2.24) is 20.7 Å². The first-order valence-corrected chi connectivity index (χ1v) is 7.80.